The molecule has 0 aliphatic carbocycles. The van der Waals surface area contributed by atoms with Crippen LogP contribution in [0.3, 0.4) is 0 Å². The fraction of sp³-hybridized carbons (Fsp3) is 0.917. The monoisotopic (exact) mass is 227 g/mol. The lowest BCUT2D eigenvalue weighted by molar-refractivity contribution is -0.121. The maximum Gasteiger partial charge on any atom is 0.233 e. The highest BCUT2D eigenvalue weighted by atomic mass is 16.2. The number of carbonyl (C=O) groups is 1. The molecule has 0 radical (unpaired) electrons. The molecule has 4 heteroatoms. The molecule has 0 aromatic rings. The molecule has 1 fully saturated rings. The molecule has 4 nitrogen and oxygen atoms in total. The number of nitrogens with zero attached hydrogens (tertiary/aromatic N) is 1. The zero-order valence-electron chi connectivity index (χ0n) is 10.7. The highest BCUT2D eigenvalue weighted by Crippen LogP contribution is 2.24. The van der Waals surface area contributed by atoms with E-state index in [0.717, 1.165) is 18.9 Å². The fourth-order valence-electron chi connectivity index (χ4n) is 2.52. The van der Waals surface area contributed by atoms with Gasteiger partial charge in [-0.1, -0.05) is 6.92 Å². The van der Waals surface area contributed by atoms with Crippen LogP contribution in [-0.2, 0) is 4.79 Å². The van der Waals surface area contributed by atoms with Gasteiger partial charge in [0.2, 0.25) is 5.91 Å². The van der Waals surface area contributed by atoms with Crippen molar-refractivity contribution in [3.8, 4) is 0 Å². The molecule has 0 saturated carbocycles. The summed E-state index contributed by atoms with van der Waals surface area (Å²) < 4.78 is 0. The van der Waals surface area contributed by atoms with Crippen molar-refractivity contribution in [2.75, 3.05) is 6.54 Å². The van der Waals surface area contributed by atoms with Crippen LogP contribution in [0.2, 0.25) is 0 Å². The number of amides is 1. The number of nitrogens with two attached hydrogens (primary N) is 1. The van der Waals surface area contributed by atoms with E-state index in [1.807, 2.05) is 0 Å². The van der Waals surface area contributed by atoms with Crippen molar-refractivity contribution in [1.29, 1.82) is 0 Å². The number of rotatable bonds is 4. The van der Waals surface area contributed by atoms with Crippen molar-refractivity contribution in [2.45, 2.75) is 58.5 Å². The Kier molecular flexibility index (Phi) is 5.22. The van der Waals surface area contributed by atoms with Crippen LogP contribution in [-0.4, -0.2) is 29.4 Å². The van der Waals surface area contributed by atoms with Crippen LogP contribution < -0.4 is 11.3 Å². The van der Waals surface area contributed by atoms with Crippen molar-refractivity contribution >= 4 is 5.91 Å². The van der Waals surface area contributed by atoms with Crippen molar-refractivity contribution in [3.05, 3.63) is 0 Å². The summed E-state index contributed by atoms with van der Waals surface area (Å²) in [5.41, 5.74) is 2.19. The third-order valence-corrected chi connectivity index (χ3v) is 3.68. The SMILES string of the molecule is CC1CCC(C)N(C(C)CCC(=O)NN)C1. The average Bonchev–Trinajstić information content (AvgIpc) is 2.28. The van der Waals surface area contributed by atoms with E-state index in [2.05, 4.69) is 31.1 Å². The maximum atomic E-state index is 11.1. The van der Waals surface area contributed by atoms with Gasteiger partial charge in [-0.25, -0.2) is 5.84 Å². The minimum absolute atomic E-state index is 0.0652. The number of likely N-dealkylation sites (tertiary alicyclic amines) is 1. The Hall–Kier alpha value is -0.610. The lowest BCUT2D eigenvalue weighted by Crippen LogP contribution is -2.46. The van der Waals surface area contributed by atoms with Crippen molar-refractivity contribution < 1.29 is 4.79 Å². The van der Waals surface area contributed by atoms with Gasteiger partial charge in [0.25, 0.3) is 0 Å². The van der Waals surface area contributed by atoms with Gasteiger partial charge in [-0.15, -0.1) is 0 Å². The highest BCUT2D eigenvalue weighted by molar-refractivity contribution is 5.75. The van der Waals surface area contributed by atoms with Gasteiger partial charge in [-0.3, -0.25) is 15.1 Å². The number of hydrazine groups is 1. The summed E-state index contributed by atoms with van der Waals surface area (Å²) in [6.45, 7) is 7.95. The second kappa shape index (κ2) is 6.21. The Labute approximate surface area is 98.5 Å². The Balaban J connectivity index is 2.39. The molecule has 0 bridgehead atoms. The quantitative estimate of drug-likeness (QED) is 0.432. The molecular weight excluding hydrogens is 202 g/mol. The number of carbonyl (C=O) groups excluding carboxylic acids is 1. The zero-order valence-corrected chi connectivity index (χ0v) is 10.7. The van der Waals surface area contributed by atoms with Crippen LogP contribution >= 0.6 is 0 Å². The molecule has 1 heterocycles. The Morgan fingerprint density at radius 2 is 2.19 bits per heavy atom. The Morgan fingerprint density at radius 1 is 1.50 bits per heavy atom. The minimum atomic E-state index is -0.0652. The van der Waals surface area contributed by atoms with E-state index < -0.39 is 0 Å². The molecule has 3 N–H and O–H groups in total. The lowest BCUT2D eigenvalue weighted by atomic mass is 9.93. The third-order valence-electron chi connectivity index (χ3n) is 3.68. The summed E-state index contributed by atoms with van der Waals surface area (Å²) in [4.78, 5) is 13.6. The van der Waals surface area contributed by atoms with E-state index in [0.29, 0.717) is 18.5 Å². The standard InChI is InChI=1S/C12H25N3O/c1-9-4-5-10(2)15(8-9)11(3)6-7-12(16)14-13/h9-11H,4-8,13H2,1-3H3,(H,14,16). The number of hydrogen-bond donors (Lipinski definition) is 2. The summed E-state index contributed by atoms with van der Waals surface area (Å²) in [5, 5.41) is 0. The average molecular weight is 227 g/mol. The molecule has 0 spiro atoms. The van der Waals surface area contributed by atoms with E-state index >= 15 is 0 Å². The fourth-order valence-corrected chi connectivity index (χ4v) is 2.52. The van der Waals surface area contributed by atoms with E-state index in [1.54, 1.807) is 0 Å². The summed E-state index contributed by atoms with van der Waals surface area (Å²) >= 11 is 0. The van der Waals surface area contributed by atoms with Crippen LogP contribution in [0.1, 0.15) is 46.5 Å². The summed E-state index contributed by atoms with van der Waals surface area (Å²) in [7, 11) is 0. The van der Waals surface area contributed by atoms with Gasteiger partial charge >= 0.3 is 0 Å². The predicted molar refractivity (Wildman–Crippen MR) is 65.6 cm³/mol. The minimum Gasteiger partial charge on any atom is -0.298 e. The van der Waals surface area contributed by atoms with Gasteiger partial charge in [-0.05, 0) is 39.0 Å². The lowest BCUT2D eigenvalue weighted by Gasteiger charge is -2.40. The first-order chi connectivity index (χ1) is 7.54. The van der Waals surface area contributed by atoms with Crippen molar-refractivity contribution in [1.82, 2.24) is 10.3 Å². The Bertz CT molecular complexity index is 232. The first-order valence-corrected chi connectivity index (χ1v) is 6.29. The van der Waals surface area contributed by atoms with Crippen molar-refractivity contribution in [3.63, 3.8) is 0 Å². The van der Waals surface area contributed by atoms with E-state index in [4.69, 9.17) is 5.84 Å². The van der Waals surface area contributed by atoms with Gasteiger partial charge in [0.15, 0.2) is 0 Å². The molecule has 1 amide bonds. The van der Waals surface area contributed by atoms with Crippen LogP contribution in [0.5, 0.6) is 0 Å². The van der Waals surface area contributed by atoms with Gasteiger partial charge in [-0.2, -0.15) is 0 Å². The summed E-state index contributed by atoms with van der Waals surface area (Å²) in [5.74, 6) is 5.79. The molecule has 94 valence electrons. The topological polar surface area (TPSA) is 58.4 Å². The number of nitrogens with one attached hydrogen (secondary N) is 1. The molecule has 16 heavy (non-hydrogen) atoms. The van der Waals surface area contributed by atoms with Crippen LogP contribution in [0.15, 0.2) is 0 Å². The summed E-state index contributed by atoms with van der Waals surface area (Å²) in [6, 6.07) is 1.11. The predicted octanol–water partition coefficient (Wildman–Crippen LogP) is 1.27. The molecule has 0 aromatic carbocycles. The van der Waals surface area contributed by atoms with Crippen LogP contribution in [0.25, 0.3) is 0 Å². The second-order valence-electron chi connectivity index (χ2n) is 5.18. The maximum absolute atomic E-state index is 11.1. The molecule has 3 atom stereocenters. The van der Waals surface area contributed by atoms with E-state index in [1.165, 1.54) is 12.8 Å². The second-order valence-corrected chi connectivity index (χ2v) is 5.18. The molecule has 1 aliphatic heterocycles. The third kappa shape index (κ3) is 3.76. The van der Waals surface area contributed by atoms with Crippen molar-refractivity contribution in [2.24, 2.45) is 11.8 Å². The molecular formula is C12H25N3O. The smallest absolute Gasteiger partial charge is 0.233 e. The van der Waals surface area contributed by atoms with Crippen LogP contribution in [0.4, 0.5) is 0 Å². The first-order valence-electron chi connectivity index (χ1n) is 6.29. The van der Waals surface area contributed by atoms with Crippen LogP contribution in [0, 0.1) is 5.92 Å². The van der Waals surface area contributed by atoms with E-state index in [9.17, 15) is 4.79 Å². The number of piperidine rings is 1. The van der Waals surface area contributed by atoms with Gasteiger partial charge < -0.3 is 0 Å². The molecule has 3 unspecified atom stereocenters. The molecule has 1 rings (SSSR count). The first kappa shape index (κ1) is 13.5. The molecule has 0 aromatic heterocycles. The molecule has 1 saturated heterocycles. The highest BCUT2D eigenvalue weighted by Gasteiger charge is 2.26. The van der Waals surface area contributed by atoms with E-state index in [-0.39, 0.29) is 5.91 Å². The summed E-state index contributed by atoms with van der Waals surface area (Å²) in [6.07, 6.45) is 4.01. The van der Waals surface area contributed by atoms with Gasteiger partial charge in [0.05, 0.1) is 0 Å². The van der Waals surface area contributed by atoms with Gasteiger partial charge in [0.1, 0.15) is 0 Å². The largest absolute Gasteiger partial charge is 0.298 e. The van der Waals surface area contributed by atoms with Gasteiger partial charge in [0, 0.05) is 25.0 Å². The Morgan fingerprint density at radius 3 is 2.81 bits per heavy atom. The zero-order chi connectivity index (χ0) is 12.1. The normalized spacial score (nSPS) is 28.8. The molecule has 1 aliphatic rings. The number of hydrogen-bond acceptors (Lipinski definition) is 3.